The number of aromatic nitrogens is 3. The summed E-state index contributed by atoms with van der Waals surface area (Å²) >= 11 is 2.86. The molecule has 0 aliphatic rings. The minimum atomic E-state index is -0.169. The van der Waals surface area contributed by atoms with Gasteiger partial charge in [-0.15, -0.1) is 11.8 Å². The van der Waals surface area contributed by atoms with Crippen molar-refractivity contribution in [2.75, 3.05) is 17.3 Å². The topological polar surface area (TPSA) is 79.8 Å². The first-order valence-corrected chi connectivity index (χ1v) is 11.5. The molecule has 2 aromatic carbocycles. The van der Waals surface area contributed by atoms with Crippen LogP contribution < -0.4 is 10.9 Å². The van der Waals surface area contributed by atoms with Crippen LogP contribution in [0.2, 0.25) is 0 Å². The van der Waals surface area contributed by atoms with Crippen molar-refractivity contribution >= 4 is 46.2 Å². The normalized spacial score (nSPS) is 11.0. The number of nitrogens with zero attached hydrogens (tertiary/aromatic N) is 2. The summed E-state index contributed by atoms with van der Waals surface area (Å²) in [6.45, 7) is 0. The van der Waals surface area contributed by atoms with Gasteiger partial charge in [0.1, 0.15) is 11.0 Å². The van der Waals surface area contributed by atoms with Crippen LogP contribution in [0.25, 0.3) is 22.2 Å². The number of carbonyl (C=O) groups excluding carboxylic acids is 1. The number of rotatable bonds is 6. The highest BCUT2D eigenvalue weighted by Gasteiger charge is 2.16. The molecule has 30 heavy (non-hydrogen) atoms. The Labute approximate surface area is 182 Å². The summed E-state index contributed by atoms with van der Waals surface area (Å²) in [5.41, 5.74) is 3.49. The fraction of sp³-hybridized carbons (Fsp3) is 0.136. The van der Waals surface area contributed by atoms with E-state index in [2.05, 4.69) is 15.3 Å². The van der Waals surface area contributed by atoms with Crippen LogP contribution in [0.1, 0.15) is 0 Å². The Morgan fingerprint density at radius 2 is 1.97 bits per heavy atom. The van der Waals surface area contributed by atoms with Gasteiger partial charge >= 0.3 is 0 Å². The smallest absolute Gasteiger partial charge is 0.278 e. The minimum absolute atomic E-state index is 0.148. The molecular formula is C22H20N4O2S2. The average Bonchev–Trinajstić information content (AvgIpc) is 3.20. The van der Waals surface area contributed by atoms with Gasteiger partial charge in [-0.05, 0) is 30.0 Å². The highest BCUT2D eigenvalue weighted by molar-refractivity contribution is 7.99. The van der Waals surface area contributed by atoms with Gasteiger partial charge in [0.15, 0.2) is 5.16 Å². The van der Waals surface area contributed by atoms with E-state index < -0.39 is 0 Å². The Balaban J connectivity index is 1.57. The molecule has 0 aliphatic heterocycles. The third-order valence-corrected chi connectivity index (χ3v) is 6.39. The molecule has 6 nitrogen and oxygen atoms in total. The second kappa shape index (κ2) is 8.81. The van der Waals surface area contributed by atoms with Gasteiger partial charge < -0.3 is 10.3 Å². The first-order chi connectivity index (χ1) is 14.6. The third-order valence-electron chi connectivity index (χ3n) is 4.64. The number of amides is 1. The number of thioether (sulfide) groups is 2. The molecule has 0 saturated heterocycles. The second-order valence-electron chi connectivity index (χ2n) is 6.62. The lowest BCUT2D eigenvalue weighted by atomic mass is 10.1. The Bertz CT molecular complexity index is 1270. The summed E-state index contributed by atoms with van der Waals surface area (Å²) in [6.07, 6.45) is 3.79. The first kappa shape index (κ1) is 20.3. The largest absolute Gasteiger partial charge is 0.355 e. The van der Waals surface area contributed by atoms with Crippen LogP contribution in [0.5, 0.6) is 0 Å². The van der Waals surface area contributed by atoms with E-state index in [-0.39, 0.29) is 17.2 Å². The molecule has 2 heterocycles. The SMILES string of the molecule is CSc1cccc(NC(=O)CSc2nc3c(-c4ccccc4)c[nH]c3c(=O)n2C)c1. The maximum Gasteiger partial charge on any atom is 0.278 e. The summed E-state index contributed by atoms with van der Waals surface area (Å²) in [5.74, 6) is 0.00496. The number of aromatic amines is 1. The highest BCUT2D eigenvalue weighted by atomic mass is 32.2. The van der Waals surface area contributed by atoms with E-state index in [9.17, 15) is 9.59 Å². The van der Waals surface area contributed by atoms with E-state index in [0.29, 0.717) is 16.2 Å². The van der Waals surface area contributed by atoms with Gasteiger partial charge in [0.25, 0.3) is 5.56 Å². The monoisotopic (exact) mass is 436 g/mol. The number of hydrogen-bond donors (Lipinski definition) is 2. The van der Waals surface area contributed by atoms with Gasteiger partial charge in [0, 0.05) is 29.4 Å². The van der Waals surface area contributed by atoms with Crippen molar-refractivity contribution in [3.63, 3.8) is 0 Å². The van der Waals surface area contributed by atoms with E-state index in [4.69, 9.17) is 0 Å². The van der Waals surface area contributed by atoms with Crippen molar-refractivity contribution in [2.24, 2.45) is 7.05 Å². The van der Waals surface area contributed by atoms with E-state index >= 15 is 0 Å². The number of carbonyl (C=O) groups is 1. The van der Waals surface area contributed by atoms with Crippen molar-refractivity contribution in [1.82, 2.24) is 14.5 Å². The number of hydrogen-bond acceptors (Lipinski definition) is 5. The predicted molar refractivity (Wildman–Crippen MR) is 124 cm³/mol. The highest BCUT2D eigenvalue weighted by Crippen LogP contribution is 2.27. The number of fused-ring (bicyclic) bond motifs is 1. The lowest BCUT2D eigenvalue weighted by molar-refractivity contribution is -0.113. The Morgan fingerprint density at radius 1 is 1.17 bits per heavy atom. The summed E-state index contributed by atoms with van der Waals surface area (Å²) < 4.78 is 1.47. The van der Waals surface area contributed by atoms with E-state index in [1.807, 2.05) is 60.9 Å². The fourth-order valence-electron chi connectivity index (χ4n) is 3.11. The molecule has 0 bridgehead atoms. The first-order valence-electron chi connectivity index (χ1n) is 9.27. The molecule has 0 radical (unpaired) electrons. The molecule has 152 valence electrons. The Morgan fingerprint density at radius 3 is 2.73 bits per heavy atom. The average molecular weight is 437 g/mol. The molecule has 8 heteroatoms. The van der Waals surface area contributed by atoms with Crippen LogP contribution in [0.3, 0.4) is 0 Å². The maximum atomic E-state index is 12.8. The molecule has 0 fully saturated rings. The van der Waals surface area contributed by atoms with Crippen LogP contribution in [0, 0.1) is 0 Å². The zero-order chi connectivity index (χ0) is 21.1. The van der Waals surface area contributed by atoms with Crippen molar-refractivity contribution < 1.29 is 4.79 Å². The molecule has 2 N–H and O–H groups in total. The molecule has 1 amide bonds. The predicted octanol–water partition coefficient (Wildman–Crippen LogP) is 4.38. The number of benzene rings is 2. The molecule has 0 atom stereocenters. The summed E-state index contributed by atoms with van der Waals surface area (Å²) in [7, 11) is 1.67. The fourth-order valence-corrected chi connectivity index (χ4v) is 4.34. The van der Waals surface area contributed by atoms with Gasteiger partial charge in [-0.3, -0.25) is 14.2 Å². The van der Waals surface area contributed by atoms with Gasteiger partial charge in [-0.25, -0.2) is 4.98 Å². The molecule has 4 aromatic rings. The molecule has 0 spiro atoms. The molecule has 0 aliphatic carbocycles. The molecular weight excluding hydrogens is 416 g/mol. The van der Waals surface area contributed by atoms with Crippen molar-refractivity contribution in [3.8, 4) is 11.1 Å². The van der Waals surface area contributed by atoms with Crippen molar-refractivity contribution in [3.05, 3.63) is 71.1 Å². The Hall–Kier alpha value is -2.97. The van der Waals surface area contributed by atoms with Crippen LogP contribution in [-0.4, -0.2) is 32.5 Å². The van der Waals surface area contributed by atoms with E-state index in [1.165, 1.54) is 16.3 Å². The zero-order valence-electron chi connectivity index (χ0n) is 16.5. The molecule has 4 rings (SSSR count). The van der Waals surface area contributed by atoms with E-state index in [1.54, 1.807) is 25.0 Å². The van der Waals surface area contributed by atoms with Gasteiger partial charge in [0.2, 0.25) is 5.91 Å². The van der Waals surface area contributed by atoms with E-state index in [0.717, 1.165) is 21.7 Å². The standard InChI is InChI=1S/C22H20N4O2S2/c1-26-21(28)20-19(17(12-23-20)14-7-4-3-5-8-14)25-22(26)30-13-18(27)24-15-9-6-10-16(11-15)29-2/h3-12,23H,13H2,1-2H3,(H,24,27). The number of nitrogens with one attached hydrogen (secondary N) is 2. The molecule has 0 saturated carbocycles. The number of H-pyrrole nitrogens is 1. The Kier molecular flexibility index (Phi) is 5.96. The summed E-state index contributed by atoms with van der Waals surface area (Å²) in [4.78, 5) is 34.0. The van der Waals surface area contributed by atoms with Crippen LogP contribution in [-0.2, 0) is 11.8 Å². The zero-order valence-corrected chi connectivity index (χ0v) is 18.1. The van der Waals surface area contributed by atoms with Crippen LogP contribution in [0.4, 0.5) is 5.69 Å². The van der Waals surface area contributed by atoms with Crippen molar-refractivity contribution in [1.29, 1.82) is 0 Å². The second-order valence-corrected chi connectivity index (χ2v) is 8.44. The van der Waals surface area contributed by atoms with Gasteiger partial charge in [-0.1, -0.05) is 48.2 Å². The number of anilines is 1. The van der Waals surface area contributed by atoms with Crippen LogP contribution >= 0.6 is 23.5 Å². The quantitative estimate of drug-likeness (QED) is 0.346. The molecule has 2 aromatic heterocycles. The lowest BCUT2D eigenvalue weighted by Gasteiger charge is -2.09. The summed E-state index contributed by atoms with van der Waals surface area (Å²) in [6, 6.07) is 17.5. The van der Waals surface area contributed by atoms with Gasteiger partial charge in [0.05, 0.1) is 5.75 Å². The van der Waals surface area contributed by atoms with Crippen LogP contribution in [0.15, 0.2) is 75.6 Å². The van der Waals surface area contributed by atoms with Gasteiger partial charge in [-0.2, -0.15) is 0 Å². The minimum Gasteiger partial charge on any atom is -0.355 e. The maximum absolute atomic E-state index is 12.8. The third kappa shape index (κ3) is 4.15. The summed E-state index contributed by atoms with van der Waals surface area (Å²) in [5, 5.41) is 3.39. The van der Waals surface area contributed by atoms with Crippen molar-refractivity contribution in [2.45, 2.75) is 10.1 Å². The lowest BCUT2D eigenvalue weighted by Crippen LogP contribution is -2.21. The molecule has 0 unspecified atom stereocenters.